The summed E-state index contributed by atoms with van der Waals surface area (Å²) >= 11 is 0. The normalized spacial score (nSPS) is 17.3. The Bertz CT molecular complexity index is 206. The molecular formula is C12H22O. The highest BCUT2D eigenvalue weighted by Crippen LogP contribution is 2.26. The fourth-order valence-electron chi connectivity index (χ4n) is 1.53. The topological polar surface area (TPSA) is 17.1 Å². The number of ketones is 1. The largest absolute Gasteiger partial charge is 0.294 e. The SMILES string of the molecule is C.CC(C)(C)C(=O)C1=CCCCC1. The minimum atomic E-state index is -0.191. The summed E-state index contributed by atoms with van der Waals surface area (Å²) in [6.07, 6.45) is 6.65. The number of carbonyl (C=O) groups is 1. The van der Waals surface area contributed by atoms with Crippen molar-refractivity contribution < 1.29 is 4.79 Å². The van der Waals surface area contributed by atoms with Crippen molar-refractivity contribution in [1.82, 2.24) is 0 Å². The van der Waals surface area contributed by atoms with Crippen LogP contribution < -0.4 is 0 Å². The summed E-state index contributed by atoms with van der Waals surface area (Å²) in [7, 11) is 0. The fourth-order valence-corrected chi connectivity index (χ4v) is 1.53. The first-order chi connectivity index (χ1) is 5.52. The highest BCUT2D eigenvalue weighted by atomic mass is 16.1. The zero-order valence-corrected chi connectivity index (χ0v) is 8.31. The lowest BCUT2D eigenvalue weighted by molar-refractivity contribution is -0.122. The summed E-state index contributed by atoms with van der Waals surface area (Å²) in [6.45, 7) is 5.97. The van der Waals surface area contributed by atoms with Crippen LogP contribution in [-0.2, 0) is 4.79 Å². The molecule has 1 rings (SSSR count). The molecule has 1 aliphatic carbocycles. The third kappa shape index (κ3) is 3.33. The van der Waals surface area contributed by atoms with Gasteiger partial charge in [-0.3, -0.25) is 4.79 Å². The van der Waals surface area contributed by atoms with Crippen LogP contribution in [0.3, 0.4) is 0 Å². The number of rotatable bonds is 1. The molecule has 1 aliphatic rings. The molecule has 0 amide bonds. The Hall–Kier alpha value is -0.590. The number of hydrogen-bond acceptors (Lipinski definition) is 1. The second kappa shape index (κ2) is 4.59. The van der Waals surface area contributed by atoms with E-state index < -0.39 is 0 Å². The van der Waals surface area contributed by atoms with Crippen molar-refractivity contribution >= 4 is 5.78 Å². The van der Waals surface area contributed by atoms with Crippen molar-refractivity contribution in [2.45, 2.75) is 53.9 Å². The van der Waals surface area contributed by atoms with E-state index in [0.29, 0.717) is 5.78 Å². The van der Waals surface area contributed by atoms with E-state index in [0.717, 1.165) is 18.4 Å². The molecule has 0 spiro atoms. The summed E-state index contributed by atoms with van der Waals surface area (Å²) < 4.78 is 0. The Kier molecular flexibility index (Phi) is 4.38. The average Bonchev–Trinajstić information content (AvgIpc) is 2.03. The van der Waals surface area contributed by atoms with Crippen LogP contribution in [0.25, 0.3) is 0 Å². The van der Waals surface area contributed by atoms with Crippen LogP contribution >= 0.6 is 0 Å². The molecule has 0 aromatic rings. The van der Waals surface area contributed by atoms with Crippen molar-refractivity contribution in [2.24, 2.45) is 5.41 Å². The highest BCUT2D eigenvalue weighted by Gasteiger charge is 2.24. The maximum atomic E-state index is 11.8. The van der Waals surface area contributed by atoms with Crippen molar-refractivity contribution in [1.29, 1.82) is 0 Å². The molecule has 0 atom stereocenters. The van der Waals surface area contributed by atoms with E-state index in [1.807, 2.05) is 20.8 Å². The van der Waals surface area contributed by atoms with Crippen molar-refractivity contribution in [3.8, 4) is 0 Å². The molecule has 0 radical (unpaired) electrons. The van der Waals surface area contributed by atoms with E-state index in [4.69, 9.17) is 0 Å². The number of carbonyl (C=O) groups excluding carboxylic acids is 1. The molecule has 0 saturated heterocycles. The molecule has 1 heteroatoms. The van der Waals surface area contributed by atoms with Crippen LogP contribution in [0.5, 0.6) is 0 Å². The number of hydrogen-bond donors (Lipinski definition) is 0. The van der Waals surface area contributed by atoms with E-state index >= 15 is 0 Å². The van der Waals surface area contributed by atoms with Gasteiger partial charge in [0.1, 0.15) is 0 Å². The summed E-state index contributed by atoms with van der Waals surface area (Å²) in [5, 5.41) is 0. The maximum absolute atomic E-state index is 11.8. The fraction of sp³-hybridized carbons (Fsp3) is 0.750. The van der Waals surface area contributed by atoms with Gasteiger partial charge in [0.25, 0.3) is 0 Å². The highest BCUT2D eigenvalue weighted by molar-refractivity contribution is 5.99. The smallest absolute Gasteiger partial charge is 0.163 e. The molecule has 0 saturated carbocycles. The van der Waals surface area contributed by atoms with Gasteiger partial charge >= 0.3 is 0 Å². The zero-order valence-electron chi connectivity index (χ0n) is 8.31. The molecule has 0 aromatic heterocycles. The minimum Gasteiger partial charge on any atom is -0.294 e. The van der Waals surface area contributed by atoms with Crippen LogP contribution in [0.2, 0.25) is 0 Å². The predicted molar refractivity (Wildman–Crippen MR) is 57.7 cm³/mol. The van der Waals surface area contributed by atoms with Crippen molar-refractivity contribution in [2.75, 3.05) is 0 Å². The van der Waals surface area contributed by atoms with Gasteiger partial charge in [0.15, 0.2) is 5.78 Å². The van der Waals surface area contributed by atoms with E-state index in [2.05, 4.69) is 6.08 Å². The third-order valence-electron chi connectivity index (χ3n) is 2.26. The predicted octanol–water partition coefficient (Wildman–Crippen LogP) is 3.74. The molecule has 76 valence electrons. The Morgan fingerprint density at radius 3 is 2.31 bits per heavy atom. The van der Waals surface area contributed by atoms with Gasteiger partial charge in [-0.05, 0) is 31.3 Å². The third-order valence-corrected chi connectivity index (χ3v) is 2.26. The summed E-state index contributed by atoms with van der Waals surface area (Å²) in [4.78, 5) is 11.8. The lowest BCUT2D eigenvalue weighted by Gasteiger charge is -2.20. The second-order valence-electron chi connectivity index (χ2n) is 4.55. The van der Waals surface area contributed by atoms with Crippen molar-refractivity contribution in [3.05, 3.63) is 11.6 Å². The molecule has 13 heavy (non-hydrogen) atoms. The van der Waals surface area contributed by atoms with E-state index in [-0.39, 0.29) is 12.8 Å². The lowest BCUT2D eigenvalue weighted by atomic mass is 9.82. The van der Waals surface area contributed by atoms with Gasteiger partial charge in [0.2, 0.25) is 0 Å². The molecule has 0 fully saturated rings. The van der Waals surface area contributed by atoms with Crippen molar-refractivity contribution in [3.63, 3.8) is 0 Å². The zero-order chi connectivity index (χ0) is 9.19. The van der Waals surface area contributed by atoms with E-state index in [1.165, 1.54) is 12.8 Å². The van der Waals surface area contributed by atoms with Gasteiger partial charge in [0, 0.05) is 5.41 Å². The Morgan fingerprint density at radius 2 is 1.92 bits per heavy atom. The minimum absolute atomic E-state index is 0. The number of allylic oxidation sites excluding steroid dienone is 2. The van der Waals surface area contributed by atoms with Gasteiger partial charge in [-0.1, -0.05) is 34.3 Å². The van der Waals surface area contributed by atoms with Crippen LogP contribution in [0.1, 0.15) is 53.9 Å². The quantitative estimate of drug-likeness (QED) is 0.603. The van der Waals surface area contributed by atoms with E-state index in [9.17, 15) is 4.79 Å². The molecule has 0 aliphatic heterocycles. The Morgan fingerprint density at radius 1 is 1.31 bits per heavy atom. The molecule has 0 aromatic carbocycles. The first-order valence-electron chi connectivity index (χ1n) is 4.75. The monoisotopic (exact) mass is 182 g/mol. The Labute approximate surface area is 82.2 Å². The van der Waals surface area contributed by atoms with E-state index in [1.54, 1.807) is 0 Å². The molecular weight excluding hydrogens is 160 g/mol. The molecule has 1 nitrogen and oxygen atoms in total. The molecule has 0 heterocycles. The number of Topliss-reactive ketones (excluding diaryl/α,β-unsaturated/α-hetero) is 1. The van der Waals surface area contributed by atoms with Crippen LogP contribution in [0.15, 0.2) is 11.6 Å². The maximum Gasteiger partial charge on any atom is 0.163 e. The lowest BCUT2D eigenvalue weighted by Crippen LogP contribution is -2.22. The summed E-state index contributed by atoms with van der Waals surface area (Å²) in [5.74, 6) is 0.335. The molecule has 0 bridgehead atoms. The van der Waals surface area contributed by atoms with Gasteiger partial charge in [-0.2, -0.15) is 0 Å². The summed E-state index contributed by atoms with van der Waals surface area (Å²) in [6, 6.07) is 0. The summed E-state index contributed by atoms with van der Waals surface area (Å²) in [5.41, 5.74) is 0.872. The molecule has 0 N–H and O–H groups in total. The standard InChI is InChI=1S/C11H18O.CH4/c1-11(2,3)10(12)9-7-5-4-6-8-9;/h7H,4-6,8H2,1-3H3;1H4. The first-order valence-corrected chi connectivity index (χ1v) is 4.75. The van der Waals surface area contributed by atoms with Crippen LogP contribution in [-0.4, -0.2) is 5.78 Å². The van der Waals surface area contributed by atoms with Crippen LogP contribution in [0.4, 0.5) is 0 Å². The van der Waals surface area contributed by atoms with Gasteiger partial charge < -0.3 is 0 Å². The average molecular weight is 182 g/mol. The first kappa shape index (κ1) is 12.4. The second-order valence-corrected chi connectivity index (χ2v) is 4.55. The van der Waals surface area contributed by atoms with Gasteiger partial charge in [-0.15, -0.1) is 0 Å². The van der Waals surface area contributed by atoms with Gasteiger partial charge in [0.05, 0.1) is 0 Å². The Balaban J connectivity index is 0.00000144. The molecule has 0 unspecified atom stereocenters. The van der Waals surface area contributed by atoms with Crippen LogP contribution in [0, 0.1) is 5.41 Å². The van der Waals surface area contributed by atoms with Gasteiger partial charge in [-0.25, -0.2) is 0 Å².